The van der Waals surface area contributed by atoms with E-state index in [0.717, 1.165) is 0 Å². The van der Waals surface area contributed by atoms with Crippen LogP contribution in [0, 0.1) is 0 Å². The van der Waals surface area contributed by atoms with E-state index in [9.17, 15) is 0 Å². The van der Waals surface area contributed by atoms with Gasteiger partial charge in [-0.15, -0.1) is 0 Å². The molecule has 0 aliphatic rings. The molecule has 0 aliphatic heterocycles. The van der Waals surface area contributed by atoms with Crippen LogP contribution in [0.4, 0.5) is 0 Å². The molecule has 14 valence electrons. The first-order valence-electron chi connectivity index (χ1n) is 0. The smallest absolute Gasteiger partial charge is 0 e. The average Bonchev–Trinajstić information content (AvgIpc) is 0. The van der Waals surface area contributed by atoms with E-state index in [1.54, 1.807) is 0 Å². The molecule has 0 N–H and O–H groups in total. The Morgan fingerprint density at radius 2 is 0.333 bits per heavy atom. The van der Waals surface area contributed by atoms with Crippen LogP contribution in [0.3, 0.4) is 0 Å². The topological polar surface area (TPSA) is 0 Å². The van der Waals surface area contributed by atoms with Gasteiger partial charge >= 0.3 is 0 Å². The molecule has 6 heteroatoms. The Balaban J connectivity index is 0. The molecule has 0 rings (SSSR count). The summed E-state index contributed by atoms with van der Waals surface area (Å²) in [5, 5.41) is 0. The molecule has 0 amide bonds. The van der Waals surface area contributed by atoms with E-state index in [4.69, 9.17) is 0 Å². The van der Waals surface area contributed by atoms with Crippen LogP contribution in [0.25, 0.3) is 0 Å². The fraction of sp³-hybridized carbons (Fsp3) is 0. The van der Waals surface area contributed by atoms with Gasteiger partial charge in [-0.1, -0.05) is 0 Å². The molecule has 0 aromatic heterocycles. The zero-order valence-electron chi connectivity index (χ0n) is 3.98. The van der Waals surface area contributed by atoms with Crippen molar-refractivity contribution in [1.29, 1.82) is 0 Å². The van der Waals surface area contributed by atoms with Crippen molar-refractivity contribution in [2.75, 3.05) is 0 Å². The summed E-state index contributed by atoms with van der Waals surface area (Å²) in [6, 6.07) is 0. The molecular formula is Al2Ca4. The van der Waals surface area contributed by atoms with E-state index < -0.39 is 0 Å². The van der Waals surface area contributed by atoms with Crippen molar-refractivity contribution >= 4 is 186 Å². The molecule has 0 aliphatic carbocycles. The quantitative estimate of drug-likeness (QED) is 0.398. The second-order valence-corrected chi connectivity index (χ2v) is 0. The van der Waals surface area contributed by atoms with Crippen molar-refractivity contribution in [2.45, 2.75) is 0 Å². The molecule has 0 saturated heterocycles. The molecule has 0 fully saturated rings. The Hall–Kier alpha value is 6.10. The van der Waals surface area contributed by atoms with Gasteiger partial charge < -0.3 is 0 Å². The van der Waals surface area contributed by atoms with Crippen molar-refractivity contribution < 1.29 is 0 Å². The maximum absolute atomic E-state index is 0. The molecule has 0 aromatic rings. The average molecular weight is 214 g/mol. The van der Waals surface area contributed by atoms with Crippen molar-refractivity contribution in [3.63, 3.8) is 0 Å². The number of hydrogen-bond donors (Lipinski definition) is 0. The van der Waals surface area contributed by atoms with Crippen molar-refractivity contribution in [3.8, 4) is 0 Å². The molecule has 0 spiro atoms. The molecule has 0 aromatic carbocycles. The predicted molar refractivity (Wildman–Crippen MR) is 34.5 cm³/mol. The van der Waals surface area contributed by atoms with E-state index in [1.807, 2.05) is 0 Å². The molecule has 6 heavy (non-hydrogen) atoms. The first kappa shape index (κ1) is 40.1. The Labute approximate surface area is 180 Å². The van der Waals surface area contributed by atoms with Crippen LogP contribution in [0.5, 0.6) is 0 Å². The van der Waals surface area contributed by atoms with Crippen LogP contribution < -0.4 is 0 Å². The summed E-state index contributed by atoms with van der Waals surface area (Å²) in [7, 11) is 0. The van der Waals surface area contributed by atoms with Crippen LogP contribution in [0.1, 0.15) is 0 Å². The number of hydrogen-bond acceptors (Lipinski definition) is 0. The maximum atomic E-state index is 0. The van der Waals surface area contributed by atoms with E-state index in [1.165, 1.54) is 0 Å². The Morgan fingerprint density at radius 1 is 0.333 bits per heavy atom. The minimum atomic E-state index is 0. The first-order valence-corrected chi connectivity index (χ1v) is 0. The summed E-state index contributed by atoms with van der Waals surface area (Å²) >= 11 is 0. The normalized spacial score (nSPS) is 0. The van der Waals surface area contributed by atoms with E-state index >= 15 is 0 Å². The van der Waals surface area contributed by atoms with Gasteiger partial charge in [0.1, 0.15) is 0 Å². The molecule has 0 unspecified atom stereocenters. The fourth-order valence-corrected chi connectivity index (χ4v) is 0. The van der Waals surface area contributed by atoms with Crippen LogP contribution in [-0.4, -0.2) is 186 Å². The third-order valence-corrected chi connectivity index (χ3v) is 0. The Bertz CT molecular complexity index is 5.51. The Kier molecular flexibility index (Phi) is 203. The van der Waals surface area contributed by atoms with Crippen LogP contribution in [0.2, 0.25) is 0 Å². The molecule has 0 saturated carbocycles. The van der Waals surface area contributed by atoms with E-state index in [2.05, 4.69) is 0 Å². The van der Waals surface area contributed by atoms with Gasteiger partial charge in [-0.2, -0.15) is 0 Å². The van der Waals surface area contributed by atoms with E-state index in [-0.39, 0.29) is 186 Å². The second-order valence-electron chi connectivity index (χ2n) is 0. The molecular weight excluding hydrogens is 214 g/mol. The van der Waals surface area contributed by atoms with Crippen LogP contribution in [0.15, 0.2) is 0 Å². The van der Waals surface area contributed by atoms with Crippen LogP contribution in [-0.2, 0) is 0 Å². The van der Waals surface area contributed by atoms with Gasteiger partial charge in [0, 0.05) is 186 Å². The van der Waals surface area contributed by atoms with Crippen molar-refractivity contribution in [3.05, 3.63) is 0 Å². The van der Waals surface area contributed by atoms with Crippen molar-refractivity contribution in [1.82, 2.24) is 0 Å². The zero-order valence-corrected chi connectivity index (χ0v) is 15.1. The molecule has 0 heterocycles. The predicted octanol–water partition coefficient (Wildman–Crippen LogP) is -2.28. The summed E-state index contributed by atoms with van der Waals surface area (Å²) in [4.78, 5) is 0. The third-order valence-electron chi connectivity index (χ3n) is 0. The molecule has 14 radical (unpaired) electrons. The molecule has 0 atom stereocenters. The summed E-state index contributed by atoms with van der Waals surface area (Å²) in [5.41, 5.74) is 0. The molecule has 0 bridgehead atoms. The summed E-state index contributed by atoms with van der Waals surface area (Å²) in [6.07, 6.45) is 0. The number of rotatable bonds is 0. The van der Waals surface area contributed by atoms with Gasteiger partial charge in [0.05, 0.1) is 0 Å². The second kappa shape index (κ2) is 30.4. The van der Waals surface area contributed by atoms with Gasteiger partial charge in [-0.3, -0.25) is 0 Å². The van der Waals surface area contributed by atoms with Gasteiger partial charge in [-0.05, 0) is 0 Å². The minimum absolute atomic E-state index is 0. The molecule has 0 nitrogen and oxygen atoms in total. The summed E-state index contributed by atoms with van der Waals surface area (Å²) in [5.74, 6) is 0. The fourth-order valence-electron chi connectivity index (χ4n) is 0. The maximum Gasteiger partial charge on any atom is 0 e. The van der Waals surface area contributed by atoms with Crippen LogP contribution >= 0.6 is 0 Å². The van der Waals surface area contributed by atoms with E-state index in [0.29, 0.717) is 0 Å². The van der Waals surface area contributed by atoms with Gasteiger partial charge in [0.25, 0.3) is 0 Å². The monoisotopic (exact) mass is 214 g/mol. The first-order chi connectivity index (χ1) is 0. The van der Waals surface area contributed by atoms with Crippen molar-refractivity contribution in [2.24, 2.45) is 0 Å². The third kappa shape index (κ3) is 22.5. The minimum Gasteiger partial charge on any atom is 0 e. The summed E-state index contributed by atoms with van der Waals surface area (Å²) in [6.45, 7) is 0. The zero-order chi connectivity index (χ0) is 0. The largest absolute Gasteiger partial charge is 0 e. The van der Waals surface area contributed by atoms with Gasteiger partial charge in [0.2, 0.25) is 0 Å². The van der Waals surface area contributed by atoms with Gasteiger partial charge in [0.15, 0.2) is 0 Å². The summed E-state index contributed by atoms with van der Waals surface area (Å²) < 4.78 is 0. The Morgan fingerprint density at radius 3 is 0.333 bits per heavy atom. The standard InChI is InChI=1S/2Al.4Ca. The SMILES string of the molecule is [Al].[Al].[Ca].[Ca].[Ca].[Ca]. The van der Waals surface area contributed by atoms with Gasteiger partial charge in [-0.25, -0.2) is 0 Å².